The number of para-hydroxylation sites is 1. The number of aromatic nitrogens is 1. The number of carbonyl (C=O) groups excluding carboxylic acids is 2. The quantitative estimate of drug-likeness (QED) is 0.547. The van der Waals surface area contributed by atoms with E-state index in [1.54, 1.807) is 6.07 Å². The maximum absolute atomic E-state index is 12.6. The minimum atomic E-state index is -0.649. The van der Waals surface area contributed by atoms with Crippen molar-refractivity contribution >= 4 is 34.1 Å². The molecule has 1 aliphatic carbocycles. The number of rotatable bonds is 2. The van der Waals surface area contributed by atoms with E-state index in [9.17, 15) is 14.4 Å². The van der Waals surface area contributed by atoms with Crippen molar-refractivity contribution in [3.8, 4) is 0 Å². The van der Waals surface area contributed by atoms with Crippen LogP contribution in [0.2, 0.25) is 0 Å². The van der Waals surface area contributed by atoms with Crippen LogP contribution in [0.15, 0.2) is 41.2 Å². The Kier molecular flexibility index (Phi) is 5.24. The molecule has 0 saturated carbocycles. The number of thiophene rings is 1. The molecule has 0 radical (unpaired) electrons. The van der Waals surface area contributed by atoms with Crippen molar-refractivity contribution in [1.29, 1.82) is 0 Å². The SMILES string of the molecule is CC(C)(C)C1CCc2sc(C(=O)NNC(=O)c3cc4ccccc4[nH]c3=O)cc2C1. The number of aryl methyl sites for hydroxylation is 1. The standard InChI is InChI=1S/C23H25N3O3S/c1-23(2,3)15-8-9-18-14(10-15)12-19(30-18)22(29)26-25-21(28)16-11-13-6-4-5-7-17(13)24-20(16)27/h4-7,11-12,15H,8-10H2,1-3H3,(H,24,27)(H,25,28)(H,26,29). The molecule has 0 fully saturated rings. The van der Waals surface area contributed by atoms with Gasteiger partial charge in [0.2, 0.25) is 0 Å². The zero-order valence-electron chi connectivity index (χ0n) is 17.3. The Morgan fingerprint density at radius 2 is 1.83 bits per heavy atom. The summed E-state index contributed by atoms with van der Waals surface area (Å²) >= 11 is 1.48. The molecule has 4 rings (SSSR count). The van der Waals surface area contributed by atoms with E-state index in [1.807, 2.05) is 24.3 Å². The second kappa shape index (κ2) is 7.72. The van der Waals surface area contributed by atoms with Gasteiger partial charge in [-0.2, -0.15) is 0 Å². The van der Waals surface area contributed by atoms with Gasteiger partial charge in [0.15, 0.2) is 0 Å². The number of carbonyl (C=O) groups is 2. The number of pyridine rings is 1. The van der Waals surface area contributed by atoms with Crippen LogP contribution < -0.4 is 16.4 Å². The molecule has 1 aromatic carbocycles. The molecular weight excluding hydrogens is 398 g/mol. The smallest absolute Gasteiger partial charge is 0.279 e. The van der Waals surface area contributed by atoms with Gasteiger partial charge in [0.05, 0.1) is 4.88 Å². The molecule has 0 aliphatic heterocycles. The molecule has 0 bridgehead atoms. The van der Waals surface area contributed by atoms with E-state index in [2.05, 4.69) is 36.6 Å². The summed E-state index contributed by atoms with van der Waals surface area (Å²) in [5.74, 6) is -0.424. The fourth-order valence-corrected chi connectivity index (χ4v) is 5.04. The normalized spacial score (nSPS) is 16.2. The van der Waals surface area contributed by atoms with Crippen molar-refractivity contribution < 1.29 is 9.59 Å². The Labute approximate surface area is 178 Å². The highest BCUT2D eigenvalue weighted by Crippen LogP contribution is 2.40. The molecule has 3 aromatic rings. The van der Waals surface area contributed by atoms with Crippen molar-refractivity contribution in [1.82, 2.24) is 15.8 Å². The summed E-state index contributed by atoms with van der Waals surface area (Å²) in [6.07, 6.45) is 3.08. The first kappa shape index (κ1) is 20.3. The molecule has 156 valence electrons. The van der Waals surface area contributed by atoms with Gasteiger partial charge in [-0.1, -0.05) is 39.0 Å². The van der Waals surface area contributed by atoms with Gasteiger partial charge in [-0.3, -0.25) is 25.2 Å². The van der Waals surface area contributed by atoms with Crippen LogP contribution in [0.4, 0.5) is 0 Å². The summed E-state index contributed by atoms with van der Waals surface area (Å²) in [6.45, 7) is 6.77. The minimum Gasteiger partial charge on any atom is -0.321 e. The van der Waals surface area contributed by atoms with Crippen molar-refractivity contribution in [2.75, 3.05) is 0 Å². The zero-order valence-corrected chi connectivity index (χ0v) is 18.1. The van der Waals surface area contributed by atoms with Crippen LogP contribution in [-0.2, 0) is 12.8 Å². The number of amides is 2. The van der Waals surface area contributed by atoms with Gasteiger partial charge in [0, 0.05) is 10.4 Å². The van der Waals surface area contributed by atoms with Crippen LogP contribution in [0.25, 0.3) is 10.9 Å². The fraction of sp³-hybridized carbons (Fsp3) is 0.348. The lowest BCUT2D eigenvalue weighted by molar-refractivity contribution is 0.0848. The molecule has 2 amide bonds. The summed E-state index contributed by atoms with van der Waals surface area (Å²) in [7, 11) is 0. The molecule has 1 unspecified atom stereocenters. The second-order valence-corrected chi connectivity index (χ2v) is 10.0. The molecule has 1 atom stereocenters. The lowest BCUT2D eigenvalue weighted by atomic mass is 9.72. The van der Waals surface area contributed by atoms with Crippen LogP contribution in [0.5, 0.6) is 0 Å². The Morgan fingerprint density at radius 3 is 2.60 bits per heavy atom. The highest BCUT2D eigenvalue weighted by atomic mass is 32.1. The van der Waals surface area contributed by atoms with Crippen molar-refractivity contribution in [3.05, 3.63) is 67.6 Å². The lowest BCUT2D eigenvalue weighted by Crippen LogP contribution is -2.43. The number of nitrogens with one attached hydrogen (secondary N) is 3. The van der Waals surface area contributed by atoms with Gasteiger partial charge >= 0.3 is 0 Å². The van der Waals surface area contributed by atoms with E-state index < -0.39 is 11.5 Å². The van der Waals surface area contributed by atoms with Gasteiger partial charge in [-0.25, -0.2) is 0 Å². The van der Waals surface area contributed by atoms with Gasteiger partial charge in [0.25, 0.3) is 17.4 Å². The second-order valence-electron chi connectivity index (χ2n) is 8.87. The maximum Gasteiger partial charge on any atom is 0.279 e. The summed E-state index contributed by atoms with van der Waals surface area (Å²) in [4.78, 5) is 41.7. The van der Waals surface area contributed by atoms with Gasteiger partial charge in [-0.15, -0.1) is 11.3 Å². The predicted molar refractivity (Wildman–Crippen MR) is 119 cm³/mol. The van der Waals surface area contributed by atoms with E-state index in [0.717, 1.165) is 24.6 Å². The Hall–Kier alpha value is -2.93. The summed E-state index contributed by atoms with van der Waals surface area (Å²) < 4.78 is 0. The Morgan fingerprint density at radius 1 is 1.10 bits per heavy atom. The van der Waals surface area contributed by atoms with Crippen molar-refractivity contribution in [2.45, 2.75) is 40.0 Å². The fourth-order valence-electron chi connectivity index (χ4n) is 3.93. The molecule has 0 spiro atoms. The molecule has 6 nitrogen and oxygen atoms in total. The van der Waals surface area contributed by atoms with Crippen molar-refractivity contribution in [3.63, 3.8) is 0 Å². The first-order valence-electron chi connectivity index (χ1n) is 10.1. The molecule has 30 heavy (non-hydrogen) atoms. The molecule has 7 heteroatoms. The predicted octanol–water partition coefficient (Wildman–Crippen LogP) is 3.82. The molecule has 0 saturated heterocycles. The number of hydrogen-bond acceptors (Lipinski definition) is 4. The average molecular weight is 424 g/mol. The molecular formula is C23H25N3O3S. The van der Waals surface area contributed by atoms with Gasteiger partial charge in [0.1, 0.15) is 5.56 Å². The number of hydrogen-bond donors (Lipinski definition) is 3. The molecule has 1 aliphatic rings. The molecule has 3 N–H and O–H groups in total. The topological polar surface area (TPSA) is 91.1 Å². The number of H-pyrrole nitrogens is 1. The third-order valence-corrected chi connectivity index (χ3v) is 7.05. The summed E-state index contributed by atoms with van der Waals surface area (Å²) in [5, 5.41) is 0.743. The first-order valence-corrected chi connectivity index (χ1v) is 10.9. The Bertz CT molecular complexity index is 1190. The number of benzene rings is 1. The monoisotopic (exact) mass is 423 g/mol. The largest absolute Gasteiger partial charge is 0.321 e. The molecule has 2 aromatic heterocycles. The summed E-state index contributed by atoms with van der Waals surface area (Å²) in [6, 6.07) is 10.7. The third-order valence-electron chi connectivity index (χ3n) is 5.82. The maximum atomic E-state index is 12.6. The number of aromatic amines is 1. The van der Waals surface area contributed by atoms with Crippen LogP contribution in [0, 0.1) is 11.3 Å². The zero-order chi connectivity index (χ0) is 21.5. The van der Waals surface area contributed by atoms with E-state index >= 15 is 0 Å². The average Bonchev–Trinajstić information content (AvgIpc) is 3.14. The third kappa shape index (κ3) is 4.03. The van der Waals surface area contributed by atoms with Crippen molar-refractivity contribution in [2.24, 2.45) is 11.3 Å². The van der Waals surface area contributed by atoms with Gasteiger partial charge < -0.3 is 4.98 Å². The van der Waals surface area contributed by atoms with Crippen LogP contribution in [0.3, 0.4) is 0 Å². The van der Waals surface area contributed by atoms with E-state index in [1.165, 1.54) is 27.8 Å². The lowest BCUT2D eigenvalue weighted by Gasteiger charge is -2.33. The number of hydrazine groups is 1. The highest BCUT2D eigenvalue weighted by molar-refractivity contribution is 7.14. The van der Waals surface area contributed by atoms with Crippen LogP contribution in [-0.4, -0.2) is 16.8 Å². The first-order chi connectivity index (χ1) is 14.2. The van der Waals surface area contributed by atoms with E-state index in [4.69, 9.17) is 0 Å². The van der Waals surface area contributed by atoms with E-state index in [0.29, 0.717) is 16.3 Å². The molecule has 2 heterocycles. The minimum absolute atomic E-state index is 0.0486. The van der Waals surface area contributed by atoms with Gasteiger partial charge in [-0.05, 0) is 59.7 Å². The van der Waals surface area contributed by atoms with E-state index in [-0.39, 0.29) is 16.9 Å². The number of fused-ring (bicyclic) bond motifs is 2. The van der Waals surface area contributed by atoms with Crippen LogP contribution >= 0.6 is 11.3 Å². The Balaban J connectivity index is 1.44. The highest BCUT2D eigenvalue weighted by Gasteiger charge is 2.30. The van der Waals surface area contributed by atoms with Crippen LogP contribution in [0.1, 0.15) is 57.7 Å². The summed E-state index contributed by atoms with van der Waals surface area (Å²) in [5.41, 5.74) is 6.38.